The van der Waals surface area contributed by atoms with Gasteiger partial charge in [-0.1, -0.05) is 72.5 Å². The van der Waals surface area contributed by atoms with E-state index in [9.17, 15) is 4.79 Å². The Hall–Kier alpha value is -0.790. The fraction of sp³-hybridized carbons (Fsp3) is 0.909. The van der Waals surface area contributed by atoms with Crippen molar-refractivity contribution in [3.05, 3.63) is 11.6 Å². The molecule has 0 N–H and O–H groups in total. The first-order valence-electron chi connectivity index (χ1n) is 15.3. The summed E-state index contributed by atoms with van der Waals surface area (Å²) in [6, 6.07) is 0. The molecule has 0 spiro atoms. The third-order valence-corrected chi connectivity index (χ3v) is 12.0. The van der Waals surface area contributed by atoms with Gasteiger partial charge in [-0.15, -0.1) is 0 Å². The smallest absolute Gasteiger partial charge is 0.311 e. The van der Waals surface area contributed by atoms with Crippen LogP contribution in [0.2, 0.25) is 0 Å². The Morgan fingerprint density at radius 1 is 1.06 bits per heavy atom. The van der Waals surface area contributed by atoms with Crippen molar-refractivity contribution < 1.29 is 9.53 Å². The fourth-order valence-corrected chi connectivity index (χ4v) is 9.21. The van der Waals surface area contributed by atoms with Gasteiger partial charge in [0.15, 0.2) is 0 Å². The van der Waals surface area contributed by atoms with Gasteiger partial charge in [-0.05, 0) is 112 Å². The minimum absolute atomic E-state index is 0.00386. The molecule has 8 atom stereocenters. The fourth-order valence-electron chi connectivity index (χ4n) is 9.21. The molecule has 2 nitrogen and oxygen atoms in total. The molecular weight excluding hydrogens is 428 g/mol. The predicted octanol–water partition coefficient (Wildman–Crippen LogP) is 9.38. The van der Waals surface area contributed by atoms with Crippen LogP contribution >= 0.6 is 0 Å². The van der Waals surface area contributed by atoms with Gasteiger partial charge in [0.05, 0.1) is 5.41 Å². The van der Waals surface area contributed by atoms with E-state index in [1.807, 2.05) is 13.8 Å². The number of hydrogen-bond acceptors (Lipinski definition) is 2. The van der Waals surface area contributed by atoms with Gasteiger partial charge in [-0.3, -0.25) is 4.79 Å². The van der Waals surface area contributed by atoms with Crippen molar-refractivity contribution in [2.24, 2.45) is 51.8 Å². The summed E-state index contributed by atoms with van der Waals surface area (Å²) in [5.41, 5.74) is 2.13. The standard InChI is InChI=1S/C33H56O2/c1-9-31(5,6)30(34)35-25-17-19-32(7)24(21-25)13-14-26-28-16-15-27(23(4)12-10-11-22(2)3)33(28,8)20-18-29(26)32/h13,22-23,25-29H,9-12,14-21H2,1-8H3/t23-,25+,26+,27-,28+,29+,32+,33-/m1/s1. The van der Waals surface area contributed by atoms with E-state index < -0.39 is 0 Å². The first kappa shape index (κ1) is 27.3. The highest BCUT2D eigenvalue weighted by Gasteiger charge is 2.59. The molecule has 0 aliphatic heterocycles. The second-order valence-electron chi connectivity index (χ2n) is 14.8. The molecule has 0 aromatic rings. The Balaban J connectivity index is 1.44. The van der Waals surface area contributed by atoms with Crippen LogP contribution in [0.25, 0.3) is 0 Å². The number of carbonyl (C=O) groups excluding carboxylic acids is 1. The van der Waals surface area contributed by atoms with Crippen LogP contribution in [0, 0.1) is 51.8 Å². The van der Waals surface area contributed by atoms with Crippen LogP contribution in [-0.2, 0) is 9.53 Å². The molecule has 0 saturated heterocycles. The highest BCUT2D eigenvalue weighted by molar-refractivity contribution is 5.76. The van der Waals surface area contributed by atoms with Gasteiger partial charge in [-0.2, -0.15) is 0 Å². The molecule has 0 radical (unpaired) electrons. The summed E-state index contributed by atoms with van der Waals surface area (Å²) >= 11 is 0. The summed E-state index contributed by atoms with van der Waals surface area (Å²) in [7, 11) is 0. The van der Waals surface area contributed by atoms with E-state index in [2.05, 4.69) is 47.6 Å². The van der Waals surface area contributed by atoms with Gasteiger partial charge in [-0.25, -0.2) is 0 Å². The molecule has 4 aliphatic rings. The maximum absolute atomic E-state index is 12.7. The van der Waals surface area contributed by atoms with Crippen LogP contribution in [0.4, 0.5) is 0 Å². The topological polar surface area (TPSA) is 26.3 Å². The van der Waals surface area contributed by atoms with Crippen molar-refractivity contribution in [2.45, 2.75) is 139 Å². The molecule has 0 unspecified atom stereocenters. The van der Waals surface area contributed by atoms with Gasteiger partial charge >= 0.3 is 5.97 Å². The van der Waals surface area contributed by atoms with Crippen LogP contribution < -0.4 is 0 Å². The Kier molecular flexibility index (Phi) is 7.92. The van der Waals surface area contributed by atoms with Gasteiger partial charge in [0, 0.05) is 6.42 Å². The van der Waals surface area contributed by atoms with Crippen molar-refractivity contribution in [1.82, 2.24) is 0 Å². The molecular formula is C33H56O2. The maximum Gasteiger partial charge on any atom is 0.311 e. The Bertz CT molecular complexity index is 793. The number of rotatable bonds is 8. The molecule has 4 rings (SSSR count). The lowest BCUT2D eigenvalue weighted by atomic mass is 9.47. The minimum atomic E-state index is -0.369. The second-order valence-corrected chi connectivity index (χ2v) is 14.8. The zero-order valence-corrected chi connectivity index (χ0v) is 24.4. The molecule has 35 heavy (non-hydrogen) atoms. The minimum Gasteiger partial charge on any atom is -0.462 e. The zero-order chi connectivity index (χ0) is 25.6. The second kappa shape index (κ2) is 10.2. The summed E-state index contributed by atoms with van der Waals surface area (Å²) in [6.45, 7) is 18.7. The van der Waals surface area contributed by atoms with Gasteiger partial charge in [0.1, 0.15) is 6.10 Å². The lowest BCUT2D eigenvalue weighted by Crippen LogP contribution is -2.51. The van der Waals surface area contributed by atoms with Gasteiger partial charge in [0.25, 0.3) is 0 Å². The highest BCUT2D eigenvalue weighted by Crippen LogP contribution is 2.67. The van der Waals surface area contributed by atoms with Gasteiger partial charge < -0.3 is 4.74 Å². The quantitative estimate of drug-likeness (QED) is 0.253. The number of carbonyl (C=O) groups is 1. The average Bonchev–Trinajstić information content (AvgIpc) is 3.16. The van der Waals surface area contributed by atoms with Crippen LogP contribution in [0.1, 0.15) is 132 Å². The first-order valence-corrected chi connectivity index (χ1v) is 15.3. The SMILES string of the molecule is CCC(C)(C)C(=O)O[C@H]1CC[C@@]2(C)C(=CC[C@H]3[C@@H]4CC[C@H]([C@H](C)CCCC(C)C)[C@@]4(C)CC[C@@H]32)C1. The van der Waals surface area contributed by atoms with Crippen molar-refractivity contribution in [2.75, 3.05) is 0 Å². The molecule has 0 bridgehead atoms. The molecule has 2 heteroatoms. The average molecular weight is 485 g/mol. The number of allylic oxidation sites excluding steroid dienone is 1. The summed E-state index contributed by atoms with van der Waals surface area (Å²) in [6.07, 6.45) is 18.0. The molecule has 4 aliphatic carbocycles. The summed E-state index contributed by atoms with van der Waals surface area (Å²) in [5.74, 6) is 5.25. The summed E-state index contributed by atoms with van der Waals surface area (Å²) in [4.78, 5) is 12.7. The molecule has 0 heterocycles. The number of esters is 1. The molecule has 0 aromatic carbocycles. The molecule has 200 valence electrons. The normalized spacial score (nSPS) is 39.9. The van der Waals surface area contributed by atoms with E-state index in [1.54, 1.807) is 5.57 Å². The van der Waals surface area contributed by atoms with Crippen molar-refractivity contribution >= 4 is 5.97 Å². The summed E-state index contributed by atoms with van der Waals surface area (Å²) in [5, 5.41) is 0. The van der Waals surface area contributed by atoms with E-state index >= 15 is 0 Å². The van der Waals surface area contributed by atoms with Crippen molar-refractivity contribution in [3.63, 3.8) is 0 Å². The van der Waals surface area contributed by atoms with E-state index in [-0.39, 0.29) is 17.5 Å². The zero-order valence-electron chi connectivity index (χ0n) is 24.4. The third-order valence-electron chi connectivity index (χ3n) is 12.0. The Morgan fingerprint density at radius 3 is 2.49 bits per heavy atom. The molecule has 0 aromatic heterocycles. The maximum atomic E-state index is 12.7. The first-order chi connectivity index (χ1) is 16.4. The lowest BCUT2D eigenvalue weighted by molar-refractivity contribution is -0.162. The van der Waals surface area contributed by atoms with Crippen molar-refractivity contribution in [1.29, 1.82) is 0 Å². The van der Waals surface area contributed by atoms with Crippen LogP contribution in [0.5, 0.6) is 0 Å². The Labute approximate surface area is 217 Å². The van der Waals surface area contributed by atoms with Gasteiger partial charge in [0.2, 0.25) is 0 Å². The van der Waals surface area contributed by atoms with E-state index in [0.717, 1.165) is 54.8 Å². The van der Waals surface area contributed by atoms with Crippen LogP contribution in [0.3, 0.4) is 0 Å². The highest BCUT2D eigenvalue weighted by atomic mass is 16.5. The number of ether oxygens (including phenoxy) is 1. The van der Waals surface area contributed by atoms with Crippen LogP contribution in [0.15, 0.2) is 11.6 Å². The van der Waals surface area contributed by atoms with Crippen LogP contribution in [-0.4, -0.2) is 12.1 Å². The molecule has 0 amide bonds. The number of fused-ring (bicyclic) bond motifs is 5. The van der Waals surface area contributed by atoms with E-state index in [4.69, 9.17) is 4.74 Å². The Morgan fingerprint density at radius 2 is 1.80 bits per heavy atom. The molecule has 3 saturated carbocycles. The predicted molar refractivity (Wildman–Crippen MR) is 147 cm³/mol. The van der Waals surface area contributed by atoms with E-state index in [0.29, 0.717) is 10.8 Å². The van der Waals surface area contributed by atoms with Crippen molar-refractivity contribution in [3.8, 4) is 0 Å². The third kappa shape index (κ3) is 5.03. The monoisotopic (exact) mass is 484 g/mol. The lowest BCUT2D eigenvalue weighted by Gasteiger charge is -2.58. The summed E-state index contributed by atoms with van der Waals surface area (Å²) < 4.78 is 6.07. The van der Waals surface area contributed by atoms with E-state index in [1.165, 1.54) is 57.8 Å². The number of hydrogen-bond donors (Lipinski definition) is 0. The molecule has 3 fully saturated rings. The largest absolute Gasteiger partial charge is 0.462 e.